The van der Waals surface area contributed by atoms with Crippen molar-refractivity contribution in [1.29, 1.82) is 0 Å². The third kappa shape index (κ3) is 6.98. The van der Waals surface area contributed by atoms with E-state index in [0.717, 1.165) is 62.5 Å². The van der Waals surface area contributed by atoms with Gasteiger partial charge in [-0.15, -0.1) is 0 Å². The number of likely N-dealkylation sites (N-methyl/N-ethyl adjacent to an activating group) is 1. The summed E-state index contributed by atoms with van der Waals surface area (Å²) in [6, 6.07) is 8.18. The van der Waals surface area contributed by atoms with Crippen molar-refractivity contribution in [2.45, 2.75) is 75.5 Å². The molecule has 10 nitrogen and oxygen atoms in total. The summed E-state index contributed by atoms with van der Waals surface area (Å²) in [6.07, 6.45) is 5.48. The van der Waals surface area contributed by atoms with Crippen molar-refractivity contribution < 1.29 is 22.5 Å². The molecule has 2 aliphatic carbocycles. The number of carbonyl (C=O) groups excluding carboxylic acids is 1. The van der Waals surface area contributed by atoms with E-state index in [1.54, 1.807) is 6.20 Å². The fourth-order valence-electron chi connectivity index (χ4n) is 6.39. The van der Waals surface area contributed by atoms with Crippen molar-refractivity contribution in [3.63, 3.8) is 0 Å². The van der Waals surface area contributed by atoms with E-state index in [2.05, 4.69) is 47.7 Å². The molecular weight excluding hydrogens is 559 g/mol. The number of hydrogen-bond acceptors (Lipinski definition) is 6. The number of benzene rings is 1. The summed E-state index contributed by atoms with van der Waals surface area (Å²) in [5.74, 6) is 2.22. The van der Waals surface area contributed by atoms with Crippen molar-refractivity contribution in [2.75, 3.05) is 30.8 Å². The summed E-state index contributed by atoms with van der Waals surface area (Å²) in [6.45, 7) is 1.99. The highest BCUT2D eigenvalue weighted by Crippen LogP contribution is 2.35. The Bertz CT molecular complexity index is 1470. The number of amides is 2. The molecule has 43 heavy (non-hydrogen) atoms. The van der Waals surface area contributed by atoms with E-state index >= 15 is 0 Å². The van der Waals surface area contributed by atoms with Crippen molar-refractivity contribution in [2.24, 2.45) is 0 Å². The van der Waals surface area contributed by atoms with Crippen LogP contribution in [0.4, 0.5) is 41.2 Å². The van der Waals surface area contributed by atoms with Crippen molar-refractivity contribution in [1.82, 2.24) is 30.4 Å². The molecule has 2 aromatic heterocycles. The minimum atomic E-state index is -4.47. The Morgan fingerprint density at radius 3 is 2.65 bits per heavy atom. The van der Waals surface area contributed by atoms with Gasteiger partial charge in [-0.1, -0.05) is 17.5 Å². The summed E-state index contributed by atoms with van der Waals surface area (Å²) < 4.78 is 41.3. The van der Waals surface area contributed by atoms with E-state index in [-0.39, 0.29) is 17.6 Å². The maximum Gasteiger partial charge on any atom is 0.435 e. The summed E-state index contributed by atoms with van der Waals surface area (Å²) >= 11 is 0. The third-order valence-corrected chi connectivity index (χ3v) is 8.55. The highest BCUT2D eigenvalue weighted by atomic mass is 19.4. The predicted molar refractivity (Wildman–Crippen MR) is 157 cm³/mol. The van der Waals surface area contributed by atoms with E-state index in [1.165, 1.54) is 37.1 Å². The summed E-state index contributed by atoms with van der Waals surface area (Å²) in [5.41, 5.74) is 1.67. The molecule has 13 heteroatoms. The van der Waals surface area contributed by atoms with Gasteiger partial charge in [0.05, 0.1) is 11.3 Å². The van der Waals surface area contributed by atoms with E-state index in [9.17, 15) is 18.0 Å². The molecule has 2 saturated carbocycles. The third-order valence-electron chi connectivity index (χ3n) is 8.55. The maximum atomic E-state index is 13.0. The lowest BCUT2D eigenvalue weighted by Crippen LogP contribution is -2.54. The number of nitrogens with one attached hydrogen (secondary N) is 4. The van der Waals surface area contributed by atoms with Crippen molar-refractivity contribution >= 4 is 35.0 Å². The van der Waals surface area contributed by atoms with Crippen LogP contribution in [0.2, 0.25) is 0 Å². The number of aromatic nitrogens is 4. The van der Waals surface area contributed by atoms with E-state index in [0.29, 0.717) is 24.1 Å². The van der Waals surface area contributed by atoms with Crippen LogP contribution in [0.15, 0.2) is 42.6 Å². The first kappa shape index (κ1) is 29.1. The molecule has 0 bridgehead atoms. The Morgan fingerprint density at radius 1 is 1.07 bits per heavy atom. The summed E-state index contributed by atoms with van der Waals surface area (Å²) in [7, 11) is 2.13. The molecule has 3 fully saturated rings. The average Bonchev–Trinajstić information content (AvgIpc) is 3.62. The van der Waals surface area contributed by atoms with Gasteiger partial charge in [0.25, 0.3) is 0 Å². The fourth-order valence-corrected chi connectivity index (χ4v) is 6.39. The van der Waals surface area contributed by atoms with Gasteiger partial charge in [-0.3, -0.25) is 10.00 Å². The Hall–Kier alpha value is -4.00. The molecule has 6 rings (SSSR count). The molecule has 3 aliphatic rings. The summed E-state index contributed by atoms with van der Waals surface area (Å²) in [4.78, 5) is 24.3. The first-order chi connectivity index (χ1) is 20.7. The number of anilines is 3. The number of alkyl halides is 3. The van der Waals surface area contributed by atoms with Gasteiger partial charge in [-0.05, 0) is 75.2 Å². The van der Waals surface area contributed by atoms with Crippen LogP contribution in [0.25, 0.3) is 0 Å². The second-order valence-electron chi connectivity index (χ2n) is 11.8. The fraction of sp³-hybridized carbons (Fsp3) is 0.500. The van der Waals surface area contributed by atoms with Crippen LogP contribution in [-0.2, 0) is 6.18 Å². The summed E-state index contributed by atoms with van der Waals surface area (Å²) in [5, 5.41) is 16.3. The standard InChI is InChI=1S/C30H36F3N9O/c1-41-17-24(18-41)42(23-8-3-2-4-9-23)28-34-13-12-26(38-28)37-27-16-25(39-40-27)19-10-11-22(14-19)36-29(43)35-21-7-5-6-20(15-21)30(31,32)33/h5-7,12-13,15-16,19,22,24H,2-4,8-11,14,17-18H2,1H3,(H3-,34,35,36,37,38,39,40,43)/p+1. The number of hydrogen-bond donors (Lipinski definition) is 4. The van der Waals surface area contributed by atoms with E-state index in [1.807, 2.05) is 12.1 Å². The van der Waals surface area contributed by atoms with Gasteiger partial charge >= 0.3 is 18.2 Å². The first-order valence-corrected chi connectivity index (χ1v) is 14.9. The van der Waals surface area contributed by atoms with Crippen molar-refractivity contribution in [3.8, 4) is 0 Å². The van der Waals surface area contributed by atoms with Gasteiger partial charge in [-0.2, -0.15) is 18.3 Å². The van der Waals surface area contributed by atoms with Gasteiger partial charge in [0.2, 0.25) is 5.82 Å². The number of H-pyrrole nitrogens is 1. The second kappa shape index (κ2) is 12.3. The van der Waals surface area contributed by atoms with Gasteiger partial charge in [0, 0.05) is 48.6 Å². The Balaban J connectivity index is 1.06. The molecule has 2 unspecified atom stereocenters. The molecule has 3 aromatic rings. The quantitative estimate of drug-likeness (QED) is 0.257. The molecule has 2 amide bonds. The highest BCUT2D eigenvalue weighted by Gasteiger charge is 2.35. The molecule has 4 N–H and O–H groups in total. The molecule has 1 saturated heterocycles. The van der Waals surface area contributed by atoms with Crippen LogP contribution in [-0.4, -0.2) is 73.6 Å². The molecule has 1 aliphatic heterocycles. The zero-order valence-electron chi connectivity index (χ0n) is 24.1. The number of halogens is 3. The maximum absolute atomic E-state index is 13.0. The molecule has 0 radical (unpaired) electrons. The van der Waals surface area contributed by atoms with Gasteiger partial charge < -0.3 is 16.0 Å². The Morgan fingerprint density at radius 2 is 1.88 bits per heavy atom. The number of rotatable bonds is 7. The number of aromatic amines is 1. The van der Waals surface area contributed by atoms with Gasteiger partial charge in [-0.25, -0.2) is 9.37 Å². The Labute approximate surface area is 248 Å². The Kier molecular flexibility index (Phi) is 8.33. The topological polar surface area (TPSA) is 114 Å². The van der Waals surface area contributed by atoms with E-state index in [4.69, 9.17) is 4.98 Å². The van der Waals surface area contributed by atoms with Crippen LogP contribution in [0.5, 0.6) is 0 Å². The normalized spacial score (nSPS) is 21.3. The molecule has 2 atom stereocenters. The van der Waals surface area contributed by atoms with Crippen LogP contribution in [0.1, 0.15) is 68.5 Å². The molecule has 0 spiro atoms. The number of nitrogens with zero attached hydrogens (tertiary/aromatic N) is 5. The average molecular weight is 597 g/mol. The zero-order valence-corrected chi connectivity index (χ0v) is 24.1. The lowest BCUT2D eigenvalue weighted by atomic mass is 9.97. The predicted octanol–water partition coefficient (Wildman–Crippen LogP) is 5.78. The molecule has 1 aromatic carbocycles. The van der Waals surface area contributed by atoms with E-state index < -0.39 is 17.8 Å². The zero-order chi connectivity index (χ0) is 30.0. The minimum Gasteiger partial charge on any atom is -0.335 e. The lowest BCUT2D eigenvalue weighted by Gasteiger charge is -2.37. The van der Waals surface area contributed by atoms with Crippen LogP contribution >= 0.6 is 0 Å². The van der Waals surface area contributed by atoms with Gasteiger partial charge in [0.15, 0.2) is 5.82 Å². The molecule has 228 valence electrons. The molecular formula is C30H37F3N9O+. The lowest BCUT2D eigenvalue weighted by molar-refractivity contribution is -0.512. The number of likely N-dealkylation sites (tertiary alicyclic amines) is 1. The number of urea groups is 1. The molecule has 3 heterocycles. The van der Waals surface area contributed by atoms with Gasteiger partial charge in [0.1, 0.15) is 12.2 Å². The smallest absolute Gasteiger partial charge is 0.335 e. The SMILES string of the molecule is CN1CC([N+](=C2CCCCC2)c2nccc(Nc3cc(C4CCC(NC(=O)Nc5cccc(C(F)(F)F)c5)C4)[nH]n3)n2)C1. The largest absolute Gasteiger partial charge is 0.435 e. The highest BCUT2D eigenvalue weighted by molar-refractivity contribution is 5.89. The number of carbonyl (C=O) groups is 1. The monoisotopic (exact) mass is 596 g/mol. The first-order valence-electron chi connectivity index (χ1n) is 14.9. The second-order valence-corrected chi connectivity index (χ2v) is 11.8. The van der Waals surface area contributed by atoms with Crippen molar-refractivity contribution in [3.05, 3.63) is 53.9 Å². The van der Waals surface area contributed by atoms with Crippen LogP contribution in [0, 0.1) is 0 Å². The minimum absolute atomic E-state index is 0.0968. The van der Waals surface area contributed by atoms with Crippen LogP contribution in [0.3, 0.4) is 0 Å². The van der Waals surface area contributed by atoms with Crippen LogP contribution < -0.4 is 16.0 Å².